The van der Waals surface area contributed by atoms with E-state index in [2.05, 4.69) is 27.7 Å². The molecular weight excluding hydrogens is 305 g/mol. The molecule has 0 atom stereocenters. The van der Waals surface area contributed by atoms with Crippen LogP contribution in [0.15, 0.2) is 6.20 Å². The van der Waals surface area contributed by atoms with Crippen molar-refractivity contribution >= 4 is 28.5 Å². The lowest BCUT2D eigenvalue weighted by Crippen LogP contribution is -2.36. The second-order valence-corrected chi connectivity index (χ2v) is 5.01. The largest absolute Gasteiger partial charge is 0.337 e. The number of carbonyl (C=O) groups is 1. The van der Waals surface area contributed by atoms with Crippen LogP contribution in [-0.2, 0) is 7.05 Å². The van der Waals surface area contributed by atoms with Gasteiger partial charge in [0.25, 0.3) is 5.91 Å². The van der Waals surface area contributed by atoms with Crippen molar-refractivity contribution in [2.24, 2.45) is 7.05 Å². The number of aromatic nitrogens is 2. The van der Waals surface area contributed by atoms with Gasteiger partial charge in [0, 0.05) is 26.3 Å². The van der Waals surface area contributed by atoms with E-state index in [-0.39, 0.29) is 5.91 Å². The minimum Gasteiger partial charge on any atom is -0.337 e. The molecule has 0 aliphatic carbocycles. The molecule has 0 unspecified atom stereocenters. The Labute approximate surface area is 103 Å². The highest BCUT2D eigenvalue weighted by molar-refractivity contribution is 14.1. The Morgan fingerprint density at radius 3 is 2.60 bits per heavy atom. The fourth-order valence-electron chi connectivity index (χ4n) is 1.85. The summed E-state index contributed by atoms with van der Waals surface area (Å²) in [4.78, 5) is 14.0. The average Bonchev–Trinajstić information content (AvgIpc) is 2.58. The highest BCUT2D eigenvalue weighted by Crippen LogP contribution is 2.16. The zero-order chi connectivity index (χ0) is 10.8. The van der Waals surface area contributed by atoms with E-state index in [4.69, 9.17) is 0 Å². The van der Waals surface area contributed by atoms with E-state index in [1.165, 1.54) is 6.42 Å². The molecule has 82 valence electrons. The Hall–Kier alpha value is -0.590. The van der Waals surface area contributed by atoms with E-state index in [0.29, 0.717) is 5.69 Å². The molecule has 5 heteroatoms. The monoisotopic (exact) mass is 319 g/mol. The molecule has 1 amide bonds. The molecule has 15 heavy (non-hydrogen) atoms. The number of amides is 1. The molecule has 1 aromatic rings. The van der Waals surface area contributed by atoms with E-state index >= 15 is 0 Å². The first kappa shape index (κ1) is 10.9. The van der Waals surface area contributed by atoms with Gasteiger partial charge in [-0.3, -0.25) is 9.48 Å². The summed E-state index contributed by atoms with van der Waals surface area (Å²) in [5.41, 5.74) is 0.597. The number of carbonyl (C=O) groups excluding carboxylic acids is 1. The molecular formula is C10H14IN3O. The molecule has 2 rings (SSSR count). The van der Waals surface area contributed by atoms with E-state index in [1.807, 2.05) is 18.1 Å². The van der Waals surface area contributed by atoms with Crippen LogP contribution in [0.5, 0.6) is 0 Å². The molecule has 2 heterocycles. The van der Waals surface area contributed by atoms with Gasteiger partial charge in [-0.05, 0) is 41.9 Å². The highest BCUT2D eigenvalue weighted by atomic mass is 127. The molecule has 1 fully saturated rings. The lowest BCUT2D eigenvalue weighted by molar-refractivity contribution is 0.0716. The summed E-state index contributed by atoms with van der Waals surface area (Å²) in [5.74, 6) is 0.0831. The van der Waals surface area contributed by atoms with E-state index in [0.717, 1.165) is 29.5 Å². The number of aryl methyl sites for hydroxylation is 1. The van der Waals surface area contributed by atoms with E-state index in [1.54, 1.807) is 4.68 Å². The third-order valence-electron chi connectivity index (χ3n) is 2.63. The van der Waals surface area contributed by atoms with Crippen molar-refractivity contribution in [1.29, 1.82) is 0 Å². The predicted octanol–water partition coefficient (Wildman–Crippen LogP) is 1.65. The Bertz CT molecular complexity index is 369. The first-order valence-electron chi connectivity index (χ1n) is 5.17. The van der Waals surface area contributed by atoms with Crippen LogP contribution in [0.1, 0.15) is 29.8 Å². The quantitative estimate of drug-likeness (QED) is 0.738. The van der Waals surface area contributed by atoms with Gasteiger partial charge < -0.3 is 4.90 Å². The summed E-state index contributed by atoms with van der Waals surface area (Å²) in [6.45, 7) is 1.76. The van der Waals surface area contributed by atoms with Crippen molar-refractivity contribution < 1.29 is 4.79 Å². The topological polar surface area (TPSA) is 38.1 Å². The second-order valence-electron chi connectivity index (χ2n) is 3.85. The Balaban J connectivity index is 2.16. The number of hydrogen-bond acceptors (Lipinski definition) is 2. The number of hydrogen-bond donors (Lipinski definition) is 0. The molecule has 0 spiro atoms. The molecule has 1 aromatic heterocycles. The summed E-state index contributed by atoms with van der Waals surface area (Å²) >= 11 is 2.16. The van der Waals surface area contributed by atoms with Gasteiger partial charge in [-0.1, -0.05) is 0 Å². The van der Waals surface area contributed by atoms with Crippen LogP contribution in [0.2, 0.25) is 0 Å². The molecule has 1 saturated heterocycles. The molecule has 1 aliphatic heterocycles. The summed E-state index contributed by atoms with van der Waals surface area (Å²) in [7, 11) is 1.84. The molecule has 0 saturated carbocycles. The van der Waals surface area contributed by atoms with Crippen LogP contribution in [-0.4, -0.2) is 33.7 Å². The van der Waals surface area contributed by atoms with Crippen molar-refractivity contribution in [1.82, 2.24) is 14.7 Å². The normalized spacial score (nSPS) is 16.8. The maximum atomic E-state index is 12.1. The minimum absolute atomic E-state index is 0.0831. The molecule has 0 N–H and O–H groups in total. The Kier molecular flexibility index (Phi) is 3.28. The maximum Gasteiger partial charge on any atom is 0.275 e. The molecule has 0 bridgehead atoms. The Morgan fingerprint density at radius 2 is 2.07 bits per heavy atom. The smallest absolute Gasteiger partial charge is 0.275 e. The van der Waals surface area contributed by atoms with Gasteiger partial charge in [0.05, 0.1) is 3.57 Å². The lowest BCUT2D eigenvalue weighted by Gasteiger charge is -2.25. The lowest BCUT2D eigenvalue weighted by atomic mass is 10.1. The van der Waals surface area contributed by atoms with Gasteiger partial charge in [0.1, 0.15) is 0 Å². The van der Waals surface area contributed by atoms with Gasteiger partial charge in [0.15, 0.2) is 5.69 Å². The van der Waals surface area contributed by atoms with Crippen LogP contribution in [0, 0.1) is 3.57 Å². The fourth-order valence-corrected chi connectivity index (χ4v) is 2.59. The van der Waals surface area contributed by atoms with Crippen molar-refractivity contribution in [3.63, 3.8) is 0 Å². The van der Waals surface area contributed by atoms with Crippen LogP contribution in [0.3, 0.4) is 0 Å². The SMILES string of the molecule is Cn1cc(I)c(C(=O)N2CCCCC2)n1. The minimum atomic E-state index is 0.0831. The standard InChI is InChI=1S/C10H14IN3O/c1-13-7-8(11)9(12-13)10(15)14-5-3-2-4-6-14/h7H,2-6H2,1H3. The summed E-state index contributed by atoms with van der Waals surface area (Å²) in [6, 6.07) is 0. The average molecular weight is 319 g/mol. The summed E-state index contributed by atoms with van der Waals surface area (Å²) in [5, 5.41) is 4.20. The molecule has 0 radical (unpaired) electrons. The zero-order valence-electron chi connectivity index (χ0n) is 8.74. The zero-order valence-corrected chi connectivity index (χ0v) is 10.9. The van der Waals surface area contributed by atoms with E-state index < -0.39 is 0 Å². The third-order valence-corrected chi connectivity index (χ3v) is 3.42. The van der Waals surface area contributed by atoms with Gasteiger partial charge in [-0.25, -0.2) is 0 Å². The predicted molar refractivity (Wildman–Crippen MR) is 65.7 cm³/mol. The molecule has 4 nitrogen and oxygen atoms in total. The van der Waals surface area contributed by atoms with Crippen molar-refractivity contribution in [3.05, 3.63) is 15.5 Å². The van der Waals surface area contributed by atoms with Gasteiger partial charge in [0.2, 0.25) is 0 Å². The number of piperidine rings is 1. The highest BCUT2D eigenvalue weighted by Gasteiger charge is 2.22. The number of likely N-dealkylation sites (tertiary alicyclic amines) is 1. The first-order valence-corrected chi connectivity index (χ1v) is 6.25. The van der Waals surface area contributed by atoms with E-state index in [9.17, 15) is 4.79 Å². The van der Waals surface area contributed by atoms with Crippen LogP contribution < -0.4 is 0 Å². The number of halogens is 1. The molecule has 0 aromatic carbocycles. The number of nitrogens with zero attached hydrogens (tertiary/aromatic N) is 3. The summed E-state index contributed by atoms with van der Waals surface area (Å²) < 4.78 is 2.63. The first-order chi connectivity index (χ1) is 7.18. The number of rotatable bonds is 1. The molecule has 1 aliphatic rings. The van der Waals surface area contributed by atoms with Crippen LogP contribution in [0.4, 0.5) is 0 Å². The van der Waals surface area contributed by atoms with Gasteiger partial charge >= 0.3 is 0 Å². The second kappa shape index (κ2) is 4.51. The Morgan fingerprint density at radius 1 is 1.40 bits per heavy atom. The van der Waals surface area contributed by atoms with Crippen molar-refractivity contribution in [2.75, 3.05) is 13.1 Å². The van der Waals surface area contributed by atoms with Crippen LogP contribution in [0.25, 0.3) is 0 Å². The fraction of sp³-hybridized carbons (Fsp3) is 0.600. The van der Waals surface area contributed by atoms with Gasteiger partial charge in [-0.2, -0.15) is 5.10 Å². The van der Waals surface area contributed by atoms with Crippen molar-refractivity contribution in [3.8, 4) is 0 Å². The maximum absolute atomic E-state index is 12.1. The summed E-state index contributed by atoms with van der Waals surface area (Å²) in [6.07, 6.45) is 5.35. The third kappa shape index (κ3) is 2.32. The van der Waals surface area contributed by atoms with Crippen molar-refractivity contribution in [2.45, 2.75) is 19.3 Å². The van der Waals surface area contributed by atoms with Crippen LogP contribution >= 0.6 is 22.6 Å². The van der Waals surface area contributed by atoms with Gasteiger partial charge in [-0.15, -0.1) is 0 Å².